The Balaban J connectivity index is 1.89. The van der Waals surface area contributed by atoms with Crippen LogP contribution in [-0.2, 0) is 17.1 Å². The molecule has 3 rings (SSSR count). The normalized spacial score (nSPS) is 10.9. The van der Waals surface area contributed by atoms with E-state index >= 15 is 0 Å². The van der Waals surface area contributed by atoms with Crippen LogP contribution in [0.4, 0.5) is 4.39 Å². The Morgan fingerprint density at radius 2 is 1.97 bits per heavy atom. The second-order valence-electron chi connectivity index (χ2n) is 6.30. The lowest BCUT2D eigenvalue weighted by Gasteiger charge is -2.14. The average Bonchev–Trinajstić information content (AvgIpc) is 3.10. The third kappa shape index (κ3) is 5.72. The van der Waals surface area contributed by atoms with Crippen LogP contribution in [-0.4, -0.2) is 26.6 Å². The minimum atomic E-state index is -0.272. The molecule has 0 radical (unpaired) electrons. The van der Waals surface area contributed by atoms with Crippen molar-refractivity contribution in [3.05, 3.63) is 70.3 Å². The molecule has 1 heterocycles. The molecule has 0 saturated carbocycles. The van der Waals surface area contributed by atoms with Gasteiger partial charge in [0.1, 0.15) is 5.82 Å². The molecule has 0 spiro atoms. The smallest absolute Gasteiger partial charge is 0.221 e. The van der Waals surface area contributed by atoms with Crippen molar-refractivity contribution in [2.45, 2.75) is 30.8 Å². The van der Waals surface area contributed by atoms with Crippen molar-refractivity contribution in [1.29, 1.82) is 0 Å². The van der Waals surface area contributed by atoms with Gasteiger partial charge in [-0.1, -0.05) is 41.6 Å². The van der Waals surface area contributed by atoms with E-state index in [2.05, 4.69) is 15.5 Å². The first kappa shape index (κ1) is 21.6. The Morgan fingerprint density at radius 3 is 2.69 bits per heavy atom. The summed E-state index contributed by atoms with van der Waals surface area (Å²) in [6, 6.07) is 11.9. The zero-order chi connectivity index (χ0) is 20.8. The first-order valence-corrected chi connectivity index (χ1v) is 10.8. The molecule has 5 nitrogen and oxygen atoms in total. The number of aromatic nitrogens is 3. The molecule has 0 saturated heterocycles. The average molecular weight is 453 g/mol. The Labute approximate surface area is 182 Å². The third-order valence-electron chi connectivity index (χ3n) is 4.16. The monoisotopic (exact) mass is 452 g/mol. The first-order valence-electron chi connectivity index (χ1n) is 8.88. The van der Waals surface area contributed by atoms with Gasteiger partial charge in [0, 0.05) is 23.1 Å². The van der Waals surface area contributed by atoms with Crippen molar-refractivity contribution in [3.63, 3.8) is 0 Å². The van der Waals surface area contributed by atoms with E-state index in [0.29, 0.717) is 21.8 Å². The van der Waals surface area contributed by atoms with Crippen LogP contribution in [0, 0.1) is 12.7 Å². The van der Waals surface area contributed by atoms with Crippen LogP contribution in [0.3, 0.4) is 0 Å². The van der Waals surface area contributed by atoms with Gasteiger partial charge in [0.05, 0.1) is 12.2 Å². The summed E-state index contributed by atoms with van der Waals surface area (Å²) in [4.78, 5) is 11.8. The minimum absolute atomic E-state index is 0.155. The van der Waals surface area contributed by atoms with E-state index in [1.165, 1.54) is 23.9 Å². The van der Waals surface area contributed by atoms with Crippen molar-refractivity contribution >= 4 is 40.9 Å². The maximum absolute atomic E-state index is 13.1. The summed E-state index contributed by atoms with van der Waals surface area (Å²) in [5.74, 6) is 1.01. The quantitative estimate of drug-likeness (QED) is 0.389. The van der Waals surface area contributed by atoms with Crippen LogP contribution in [0.2, 0.25) is 5.02 Å². The van der Waals surface area contributed by atoms with E-state index < -0.39 is 0 Å². The number of rotatable bonds is 8. The number of nitrogens with zero attached hydrogens (tertiary/aromatic N) is 3. The van der Waals surface area contributed by atoms with Crippen LogP contribution in [0.15, 0.2) is 47.6 Å². The summed E-state index contributed by atoms with van der Waals surface area (Å²) in [5.41, 5.74) is 2.79. The number of hydrogen-bond acceptors (Lipinski definition) is 4. The number of hydrogen-bond donors (Lipinski definition) is 1. The minimum Gasteiger partial charge on any atom is -0.349 e. The summed E-state index contributed by atoms with van der Waals surface area (Å²) in [6.07, 6.45) is 0.234. The number of carbonyl (C=O) groups excluding carboxylic acids is 1. The molecule has 0 atom stereocenters. The summed E-state index contributed by atoms with van der Waals surface area (Å²) in [7, 11) is 0. The number of benzene rings is 2. The van der Waals surface area contributed by atoms with E-state index in [9.17, 15) is 9.18 Å². The summed E-state index contributed by atoms with van der Waals surface area (Å²) in [6.45, 7) is 2.18. The topological polar surface area (TPSA) is 59.8 Å². The zero-order valence-corrected chi connectivity index (χ0v) is 18.0. The molecule has 2 aromatic carbocycles. The first-order chi connectivity index (χ1) is 14.0. The summed E-state index contributed by atoms with van der Waals surface area (Å²) >= 11 is 13.3. The van der Waals surface area contributed by atoms with Crippen molar-refractivity contribution in [1.82, 2.24) is 20.1 Å². The lowest BCUT2D eigenvalue weighted by molar-refractivity contribution is -0.120. The molecule has 0 aliphatic carbocycles. The predicted octanol–water partition coefficient (Wildman–Crippen LogP) is 4.91. The Kier molecular flexibility index (Phi) is 7.52. The standard InChI is InChI=1S/C20H19Cl2FN4OS/c1-13-2-5-15(22)10-17(13)27-18(11-24-19(28)8-9-21)25-26-20(27)29-12-14-3-6-16(23)7-4-14/h2-7,10H,8-9,11-12H2,1H3,(H,24,28). The summed E-state index contributed by atoms with van der Waals surface area (Å²) < 4.78 is 15.0. The van der Waals surface area contributed by atoms with E-state index in [1.807, 2.05) is 29.7 Å². The highest BCUT2D eigenvalue weighted by Gasteiger charge is 2.17. The fraction of sp³-hybridized carbons (Fsp3) is 0.250. The molecule has 1 amide bonds. The third-order valence-corrected chi connectivity index (χ3v) is 5.58. The fourth-order valence-corrected chi connectivity index (χ4v) is 3.91. The highest BCUT2D eigenvalue weighted by molar-refractivity contribution is 7.98. The van der Waals surface area contributed by atoms with E-state index in [4.69, 9.17) is 23.2 Å². The van der Waals surface area contributed by atoms with Crippen molar-refractivity contribution in [2.24, 2.45) is 0 Å². The van der Waals surface area contributed by atoms with Crippen LogP contribution >= 0.6 is 35.0 Å². The molecular formula is C20H19Cl2FN4OS. The molecule has 0 fully saturated rings. The molecule has 1 aromatic heterocycles. The van der Waals surface area contributed by atoms with Crippen molar-refractivity contribution in [2.75, 3.05) is 5.88 Å². The molecule has 3 aromatic rings. The van der Waals surface area contributed by atoms with E-state index in [-0.39, 0.29) is 30.6 Å². The van der Waals surface area contributed by atoms with Gasteiger partial charge in [0.25, 0.3) is 0 Å². The van der Waals surface area contributed by atoms with Gasteiger partial charge in [-0.15, -0.1) is 21.8 Å². The van der Waals surface area contributed by atoms with Gasteiger partial charge >= 0.3 is 0 Å². The number of alkyl halides is 1. The fourth-order valence-electron chi connectivity index (χ4n) is 2.65. The van der Waals surface area contributed by atoms with E-state index in [1.54, 1.807) is 12.1 Å². The van der Waals surface area contributed by atoms with Gasteiger partial charge in [-0.05, 0) is 42.3 Å². The van der Waals surface area contributed by atoms with Crippen molar-refractivity contribution in [3.8, 4) is 5.69 Å². The number of halogens is 3. The molecule has 29 heavy (non-hydrogen) atoms. The van der Waals surface area contributed by atoms with Gasteiger partial charge in [0.15, 0.2) is 11.0 Å². The summed E-state index contributed by atoms with van der Waals surface area (Å²) in [5, 5.41) is 12.6. The predicted molar refractivity (Wildman–Crippen MR) is 114 cm³/mol. The number of carbonyl (C=O) groups is 1. The highest BCUT2D eigenvalue weighted by Crippen LogP contribution is 2.28. The van der Waals surface area contributed by atoms with Crippen LogP contribution in [0.25, 0.3) is 5.69 Å². The molecule has 0 aliphatic rings. The van der Waals surface area contributed by atoms with Crippen LogP contribution in [0.1, 0.15) is 23.4 Å². The Hall–Kier alpha value is -2.09. The number of aryl methyl sites for hydroxylation is 1. The maximum atomic E-state index is 13.1. The van der Waals surface area contributed by atoms with Crippen LogP contribution < -0.4 is 5.32 Å². The number of amides is 1. The van der Waals surface area contributed by atoms with Crippen molar-refractivity contribution < 1.29 is 9.18 Å². The molecular weight excluding hydrogens is 434 g/mol. The molecule has 0 bridgehead atoms. The number of nitrogens with one attached hydrogen (secondary N) is 1. The molecule has 152 valence electrons. The second-order valence-corrected chi connectivity index (χ2v) is 8.05. The van der Waals surface area contributed by atoms with Gasteiger partial charge in [0.2, 0.25) is 5.91 Å². The van der Waals surface area contributed by atoms with E-state index in [0.717, 1.165) is 16.8 Å². The largest absolute Gasteiger partial charge is 0.349 e. The number of thioether (sulfide) groups is 1. The van der Waals surface area contributed by atoms with Gasteiger partial charge in [-0.25, -0.2) is 4.39 Å². The Bertz CT molecular complexity index is 995. The molecule has 0 unspecified atom stereocenters. The van der Waals surface area contributed by atoms with Crippen LogP contribution in [0.5, 0.6) is 0 Å². The maximum Gasteiger partial charge on any atom is 0.221 e. The highest BCUT2D eigenvalue weighted by atomic mass is 35.5. The van der Waals surface area contributed by atoms with Gasteiger partial charge < -0.3 is 5.32 Å². The van der Waals surface area contributed by atoms with Gasteiger partial charge in [-0.3, -0.25) is 9.36 Å². The molecule has 0 aliphatic heterocycles. The Morgan fingerprint density at radius 1 is 1.21 bits per heavy atom. The second kappa shape index (κ2) is 10.1. The lowest BCUT2D eigenvalue weighted by Crippen LogP contribution is -2.24. The molecule has 9 heteroatoms. The molecule has 1 N–H and O–H groups in total. The lowest BCUT2D eigenvalue weighted by atomic mass is 10.2. The zero-order valence-electron chi connectivity index (χ0n) is 15.7. The SMILES string of the molecule is Cc1ccc(Cl)cc1-n1c(CNC(=O)CCCl)nnc1SCc1ccc(F)cc1. The van der Waals surface area contributed by atoms with Gasteiger partial charge in [-0.2, -0.15) is 0 Å².